The molecular weight excluding hydrogens is 390 g/mol. The zero-order chi connectivity index (χ0) is 22.4. The standard InChI is InChI=1S/C23H27N3O3.C2H6/c1-14-4-3-5-18(10-15(14)2)22-25-21(26-29-22)17-8-6-16(7-9-17)13-24-20-11-19(12-20)23(27)28;1-2/h3-4,6-10,14-15,19-20,24H,5,11-13H2,1-2H3,(H,27,28);1-2H3. The number of nitrogens with one attached hydrogen (secondary N) is 1. The number of hydrogen-bond donors (Lipinski definition) is 2. The van der Waals surface area contributed by atoms with Crippen LogP contribution >= 0.6 is 0 Å². The van der Waals surface area contributed by atoms with Gasteiger partial charge in [0.25, 0.3) is 5.89 Å². The van der Waals surface area contributed by atoms with Crippen molar-refractivity contribution in [2.24, 2.45) is 17.8 Å². The average Bonchev–Trinajstić information content (AvgIpc) is 3.17. The van der Waals surface area contributed by atoms with Gasteiger partial charge >= 0.3 is 5.97 Å². The second-order valence-electron chi connectivity index (χ2n) is 8.25. The fourth-order valence-electron chi connectivity index (χ4n) is 3.77. The molecule has 2 aliphatic carbocycles. The van der Waals surface area contributed by atoms with Gasteiger partial charge in [-0.25, -0.2) is 0 Å². The summed E-state index contributed by atoms with van der Waals surface area (Å²) in [6.45, 7) is 9.14. The van der Waals surface area contributed by atoms with Gasteiger partial charge in [0.2, 0.25) is 5.82 Å². The van der Waals surface area contributed by atoms with Crippen molar-refractivity contribution in [1.82, 2.24) is 15.5 Å². The Kier molecular flexibility index (Phi) is 7.80. The van der Waals surface area contributed by atoms with Crippen LogP contribution in [0.5, 0.6) is 0 Å². The Balaban J connectivity index is 0.00000132. The number of carboxylic acid groups (broad SMARTS) is 1. The van der Waals surface area contributed by atoms with Gasteiger partial charge in [-0.15, -0.1) is 0 Å². The predicted octanol–water partition coefficient (Wildman–Crippen LogP) is 5.33. The van der Waals surface area contributed by atoms with Gasteiger partial charge in [-0.05, 0) is 36.7 Å². The minimum atomic E-state index is -0.688. The van der Waals surface area contributed by atoms with Crippen LogP contribution < -0.4 is 5.32 Å². The van der Waals surface area contributed by atoms with E-state index in [1.54, 1.807) is 0 Å². The van der Waals surface area contributed by atoms with E-state index in [2.05, 4.69) is 47.5 Å². The van der Waals surface area contributed by atoms with Crippen LogP contribution in [-0.4, -0.2) is 27.3 Å². The van der Waals surface area contributed by atoms with E-state index in [0.29, 0.717) is 42.4 Å². The van der Waals surface area contributed by atoms with Crippen molar-refractivity contribution in [2.75, 3.05) is 0 Å². The fourth-order valence-corrected chi connectivity index (χ4v) is 3.77. The van der Waals surface area contributed by atoms with Crippen LogP contribution in [0.2, 0.25) is 0 Å². The molecule has 0 spiro atoms. The Morgan fingerprint density at radius 3 is 2.55 bits per heavy atom. The number of carbonyl (C=O) groups is 1. The number of allylic oxidation sites excluding steroid dienone is 4. The molecule has 6 nitrogen and oxygen atoms in total. The lowest BCUT2D eigenvalue weighted by molar-refractivity contribution is -0.145. The molecule has 2 unspecified atom stereocenters. The quantitative estimate of drug-likeness (QED) is 0.611. The fraction of sp³-hybridized carbons (Fsp3) is 0.480. The van der Waals surface area contributed by atoms with Gasteiger partial charge in [-0.1, -0.05) is 75.3 Å². The predicted molar refractivity (Wildman–Crippen MR) is 122 cm³/mol. The zero-order valence-electron chi connectivity index (χ0n) is 18.8. The second kappa shape index (κ2) is 10.5. The molecule has 6 heteroatoms. The van der Waals surface area contributed by atoms with E-state index < -0.39 is 5.97 Å². The summed E-state index contributed by atoms with van der Waals surface area (Å²) >= 11 is 0. The largest absolute Gasteiger partial charge is 0.481 e. The maximum atomic E-state index is 10.9. The van der Waals surface area contributed by atoms with E-state index in [9.17, 15) is 4.79 Å². The van der Waals surface area contributed by atoms with Crippen LogP contribution in [0.25, 0.3) is 17.0 Å². The molecule has 1 saturated carbocycles. The van der Waals surface area contributed by atoms with Crippen LogP contribution in [0.4, 0.5) is 0 Å². The molecule has 1 aromatic carbocycles. The number of carboxylic acids is 1. The van der Waals surface area contributed by atoms with Gasteiger partial charge in [0.05, 0.1) is 5.92 Å². The average molecular weight is 424 g/mol. The Labute approximate surface area is 184 Å². The lowest BCUT2D eigenvalue weighted by Crippen LogP contribution is -2.43. The molecule has 0 aliphatic heterocycles. The highest BCUT2D eigenvalue weighted by Crippen LogP contribution is 2.29. The summed E-state index contributed by atoms with van der Waals surface area (Å²) in [5.41, 5.74) is 3.15. The molecule has 1 heterocycles. The summed E-state index contributed by atoms with van der Waals surface area (Å²) in [6.07, 6.45) is 8.87. The smallest absolute Gasteiger partial charge is 0.306 e. The van der Waals surface area contributed by atoms with Crippen molar-refractivity contribution < 1.29 is 14.4 Å². The molecule has 2 aromatic rings. The normalized spacial score (nSPS) is 25.0. The van der Waals surface area contributed by atoms with Gasteiger partial charge in [0.15, 0.2) is 0 Å². The van der Waals surface area contributed by atoms with E-state index in [0.717, 1.165) is 29.7 Å². The Morgan fingerprint density at radius 1 is 1.16 bits per heavy atom. The highest BCUT2D eigenvalue weighted by atomic mass is 16.5. The highest BCUT2D eigenvalue weighted by Gasteiger charge is 2.33. The molecule has 31 heavy (non-hydrogen) atoms. The van der Waals surface area contributed by atoms with Crippen molar-refractivity contribution in [2.45, 2.75) is 59.5 Å². The number of hydrogen-bond acceptors (Lipinski definition) is 5. The third-order valence-electron chi connectivity index (χ3n) is 6.07. The lowest BCUT2D eigenvalue weighted by Gasteiger charge is -2.33. The first-order valence-electron chi connectivity index (χ1n) is 11.3. The summed E-state index contributed by atoms with van der Waals surface area (Å²) in [7, 11) is 0. The minimum absolute atomic E-state index is 0.187. The van der Waals surface area contributed by atoms with Crippen molar-refractivity contribution in [3.8, 4) is 11.4 Å². The lowest BCUT2D eigenvalue weighted by atomic mass is 9.80. The molecule has 2 atom stereocenters. The van der Waals surface area contributed by atoms with E-state index in [-0.39, 0.29) is 5.92 Å². The van der Waals surface area contributed by atoms with Gasteiger partial charge < -0.3 is 14.9 Å². The Morgan fingerprint density at radius 2 is 1.87 bits per heavy atom. The first-order valence-corrected chi connectivity index (χ1v) is 11.3. The summed E-state index contributed by atoms with van der Waals surface area (Å²) in [5, 5.41) is 16.5. The first-order chi connectivity index (χ1) is 15.0. The van der Waals surface area contributed by atoms with Crippen molar-refractivity contribution in [3.05, 3.63) is 53.9 Å². The molecule has 2 aliphatic rings. The molecule has 0 bridgehead atoms. The highest BCUT2D eigenvalue weighted by molar-refractivity contribution is 5.71. The Bertz CT molecular complexity index is 924. The van der Waals surface area contributed by atoms with Gasteiger partial charge in [0.1, 0.15) is 0 Å². The SMILES string of the molecule is CC.CC1C=CCC(c2nc(-c3ccc(CNC4CC(C(=O)O)C4)cc3)no2)=CC1C. The van der Waals surface area contributed by atoms with Gasteiger partial charge in [-0.2, -0.15) is 4.98 Å². The van der Waals surface area contributed by atoms with E-state index >= 15 is 0 Å². The number of nitrogens with zero attached hydrogens (tertiary/aromatic N) is 2. The molecule has 0 amide bonds. The van der Waals surface area contributed by atoms with Crippen LogP contribution in [0, 0.1) is 17.8 Å². The molecule has 166 valence electrons. The van der Waals surface area contributed by atoms with Crippen LogP contribution in [-0.2, 0) is 11.3 Å². The van der Waals surface area contributed by atoms with Crippen LogP contribution in [0.15, 0.2) is 47.0 Å². The number of benzene rings is 1. The third-order valence-corrected chi connectivity index (χ3v) is 6.07. The number of rotatable bonds is 6. The second-order valence-corrected chi connectivity index (χ2v) is 8.25. The van der Waals surface area contributed by atoms with Crippen molar-refractivity contribution in [1.29, 1.82) is 0 Å². The molecule has 0 radical (unpaired) electrons. The molecule has 4 rings (SSSR count). The molecular formula is C25H33N3O3. The molecule has 0 saturated heterocycles. The van der Waals surface area contributed by atoms with Gasteiger partial charge in [-0.3, -0.25) is 4.79 Å². The first kappa shape index (κ1) is 22.9. The Hall–Kier alpha value is -2.73. The summed E-state index contributed by atoms with van der Waals surface area (Å²) in [6, 6.07) is 8.38. The summed E-state index contributed by atoms with van der Waals surface area (Å²) in [4.78, 5) is 15.5. The number of aliphatic carboxylic acids is 1. The van der Waals surface area contributed by atoms with Crippen molar-refractivity contribution >= 4 is 11.5 Å². The number of aromatic nitrogens is 2. The topological polar surface area (TPSA) is 88.2 Å². The van der Waals surface area contributed by atoms with Gasteiger partial charge in [0, 0.05) is 23.7 Å². The van der Waals surface area contributed by atoms with Crippen LogP contribution in [0.1, 0.15) is 58.4 Å². The van der Waals surface area contributed by atoms with Crippen molar-refractivity contribution in [3.63, 3.8) is 0 Å². The zero-order valence-corrected chi connectivity index (χ0v) is 18.8. The minimum Gasteiger partial charge on any atom is -0.481 e. The van der Waals surface area contributed by atoms with E-state index in [1.165, 1.54) is 0 Å². The van der Waals surface area contributed by atoms with E-state index in [4.69, 9.17) is 9.63 Å². The molecule has 1 aromatic heterocycles. The maximum absolute atomic E-state index is 10.9. The molecule has 1 fully saturated rings. The monoisotopic (exact) mass is 423 g/mol. The molecule has 2 N–H and O–H groups in total. The van der Waals surface area contributed by atoms with Crippen LogP contribution in [0.3, 0.4) is 0 Å². The summed E-state index contributed by atoms with van der Waals surface area (Å²) < 4.78 is 5.53. The maximum Gasteiger partial charge on any atom is 0.306 e. The third kappa shape index (κ3) is 5.70. The summed E-state index contributed by atoms with van der Waals surface area (Å²) in [5.74, 6) is 1.25. The van der Waals surface area contributed by atoms with E-state index in [1.807, 2.05) is 38.1 Å².